The van der Waals surface area contributed by atoms with Gasteiger partial charge in [0.25, 0.3) is 0 Å². The van der Waals surface area contributed by atoms with Crippen LogP contribution >= 0.6 is 0 Å². The van der Waals surface area contributed by atoms with Gasteiger partial charge in [0.2, 0.25) is 0 Å². The summed E-state index contributed by atoms with van der Waals surface area (Å²) in [5.41, 5.74) is 3.54. The molecule has 0 radical (unpaired) electrons. The van der Waals surface area contributed by atoms with E-state index in [1.54, 1.807) is 0 Å². The molecule has 0 fully saturated rings. The summed E-state index contributed by atoms with van der Waals surface area (Å²) in [5.74, 6) is 0.0355. The molecule has 2 nitrogen and oxygen atoms in total. The van der Waals surface area contributed by atoms with E-state index >= 15 is 0 Å². The summed E-state index contributed by atoms with van der Waals surface area (Å²) in [7, 11) is -3.64. The van der Waals surface area contributed by atoms with E-state index in [-0.39, 0.29) is 5.91 Å². The zero-order valence-corrected chi connectivity index (χ0v) is 17.1. The average Bonchev–Trinajstić information content (AvgIpc) is 2.25. The van der Waals surface area contributed by atoms with E-state index in [4.69, 9.17) is 8.85 Å². The molecule has 0 bridgehead atoms. The Bertz CT molecular complexity index is 403. The lowest BCUT2D eigenvalue weighted by atomic mass is 10.2. The van der Waals surface area contributed by atoms with Crippen molar-refractivity contribution in [3.05, 3.63) is 41.6 Å². The van der Waals surface area contributed by atoms with Crippen LogP contribution in [0.4, 0.5) is 0 Å². The zero-order chi connectivity index (χ0) is 15.2. The van der Waals surface area contributed by atoms with Gasteiger partial charge in [0.15, 0.2) is 16.6 Å². The third-order valence-corrected chi connectivity index (χ3v) is 6.24. The lowest BCUT2D eigenvalue weighted by Gasteiger charge is -2.31. The smallest absolute Gasteiger partial charge is 0.186 e. The van der Waals surface area contributed by atoms with Crippen molar-refractivity contribution in [1.29, 1.82) is 0 Å². The van der Waals surface area contributed by atoms with Crippen LogP contribution in [0, 0.1) is 0 Å². The van der Waals surface area contributed by atoms with Gasteiger partial charge in [0.1, 0.15) is 15.4 Å². The summed E-state index contributed by atoms with van der Waals surface area (Å²) in [6, 6.07) is 10.4. The predicted octanol–water partition coefficient (Wildman–Crippen LogP) is 3.81. The first-order valence-corrected chi connectivity index (χ1v) is 15.7. The van der Waals surface area contributed by atoms with Crippen molar-refractivity contribution < 1.29 is 8.85 Å². The summed E-state index contributed by atoms with van der Waals surface area (Å²) in [6.07, 6.45) is 2.19. The lowest BCUT2D eigenvalue weighted by Crippen LogP contribution is -2.42. The van der Waals surface area contributed by atoms with Gasteiger partial charge in [-0.15, -0.1) is 0 Å². The predicted molar refractivity (Wildman–Crippen MR) is 96.7 cm³/mol. The van der Waals surface area contributed by atoms with Gasteiger partial charge in [0, 0.05) is 0 Å². The van der Waals surface area contributed by atoms with Crippen molar-refractivity contribution in [2.24, 2.45) is 0 Å². The van der Waals surface area contributed by atoms with E-state index < -0.39 is 26.2 Å². The minimum Gasteiger partial charge on any atom is -0.397 e. The molecule has 0 aromatic heterocycles. The molecule has 112 valence electrons. The third-order valence-electron chi connectivity index (χ3n) is 2.41. The Morgan fingerprint density at radius 1 is 0.900 bits per heavy atom. The second-order valence-electron chi connectivity index (χ2n) is 6.94. The van der Waals surface area contributed by atoms with Gasteiger partial charge in [-0.1, -0.05) is 42.1 Å². The number of hydrogen-bond donors (Lipinski definition) is 0. The molecular formula is C15H28O2Si3. The summed E-state index contributed by atoms with van der Waals surface area (Å²) in [4.78, 5) is 0. The van der Waals surface area contributed by atoms with Crippen molar-refractivity contribution in [1.82, 2.24) is 0 Å². The molecule has 0 aliphatic carbocycles. The Morgan fingerprint density at radius 3 is 1.85 bits per heavy atom. The van der Waals surface area contributed by atoms with Crippen LogP contribution in [0.3, 0.4) is 0 Å². The Balaban J connectivity index is 2.62. The second kappa shape index (κ2) is 7.51. The summed E-state index contributed by atoms with van der Waals surface area (Å²) < 4.78 is 12.4. The van der Waals surface area contributed by atoms with Gasteiger partial charge >= 0.3 is 0 Å². The third kappa shape index (κ3) is 8.65. The van der Waals surface area contributed by atoms with E-state index in [0.29, 0.717) is 0 Å². The monoisotopic (exact) mass is 324 g/mol. The topological polar surface area (TPSA) is 18.5 Å². The van der Waals surface area contributed by atoms with Crippen LogP contribution in [0.15, 0.2) is 36.0 Å². The standard InChI is InChI=1S/C15H28O2Si3/c1-19(2,3)16-15(17-20(4,5)6)18-13-12-14-10-8-7-9-11-14/h7-13,15H,18H2,1-6H3. The molecule has 1 rings (SSSR count). The van der Waals surface area contributed by atoms with Crippen LogP contribution in [-0.4, -0.2) is 32.1 Å². The van der Waals surface area contributed by atoms with Crippen LogP contribution in [0.1, 0.15) is 5.56 Å². The van der Waals surface area contributed by atoms with Gasteiger partial charge in [-0.25, -0.2) is 0 Å². The van der Waals surface area contributed by atoms with E-state index in [0.717, 1.165) is 0 Å². The molecule has 0 aliphatic rings. The summed E-state index contributed by atoms with van der Waals surface area (Å²) in [5, 5.41) is 0. The van der Waals surface area contributed by atoms with Crippen molar-refractivity contribution in [3.8, 4) is 0 Å². The van der Waals surface area contributed by atoms with E-state index in [9.17, 15) is 0 Å². The molecule has 0 heterocycles. The Morgan fingerprint density at radius 2 is 1.40 bits per heavy atom. The first-order valence-electron chi connectivity index (χ1n) is 7.23. The molecule has 1 aromatic rings. The van der Waals surface area contributed by atoms with E-state index in [1.165, 1.54) is 5.56 Å². The first kappa shape index (κ1) is 17.6. The Labute approximate surface area is 128 Å². The van der Waals surface area contributed by atoms with Crippen LogP contribution in [0.25, 0.3) is 6.08 Å². The van der Waals surface area contributed by atoms with Crippen LogP contribution in [-0.2, 0) is 8.85 Å². The Hall–Kier alpha value is -0.469. The molecule has 0 amide bonds. The van der Waals surface area contributed by atoms with Crippen LogP contribution < -0.4 is 0 Å². The van der Waals surface area contributed by atoms with Gasteiger partial charge in [-0.05, 0) is 44.8 Å². The highest BCUT2D eigenvalue weighted by atomic mass is 28.4. The molecule has 0 saturated carbocycles. The maximum absolute atomic E-state index is 6.21. The van der Waals surface area contributed by atoms with Gasteiger partial charge in [0.05, 0.1) is 0 Å². The normalized spacial score (nSPS) is 13.9. The van der Waals surface area contributed by atoms with Crippen molar-refractivity contribution in [3.63, 3.8) is 0 Å². The molecule has 0 saturated heterocycles. The van der Waals surface area contributed by atoms with Gasteiger partial charge in [-0.2, -0.15) is 0 Å². The lowest BCUT2D eigenvalue weighted by molar-refractivity contribution is 0.0619. The molecule has 0 N–H and O–H groups in total. The van der Waals surface area contributed by atoms with Crippen LogP contribution in [0.5, 0.6) is 0 Å². The van der Waals surface area contributed by atoms with E-state index in [1.807, 2.05) is 6.07 Å². The molecule has 20 heavy (non-hydrogen) atoms. The van der Waals surface area contributed by atoms with Gasteiger partial charge in [-0.3, -0.25) is 0 Å². The average molecular weight is 325 g/mol. The molecular weight excluding hydrogens is 296 g/mol. The quantitative estimate of drug-likeness (QED) is 0.561. The Kier molecular flexibility index (Phi) is 6.61. The maximum Gasteiger partial charge on any atom is 0.186 e. The van der Waals surface area contributed by atoms with Gasteiger partial charge < -0.3 is 8.85 Å². The summed E-state index contributed by atoms with van der Waals surface area (Å²) >= 11 is 0. The summed E-state index contributed by atoms with van der Waals surface area (Å²) in [6.45, 7) is 13.4. The highest BCUT2D eigenvalue weighted by Gasteiger charge is 2.26. The highest BCUT2D eigenvalue weighted by Crippen LogP contribution is 2.14. The largest absolute Gasteiger partial charge is 0.397 e. The number of hydrogen-bond acceptors (Lipinski definition) is 2. The zero-order valence-electron chi connectivity index (χ0n) is 13.6. The second-order valence-corrected chi connectivity index (χ2v) is 17.5. The fourth-order valence-corrected chi connectivity index (χ4v) is 7.96. The number of rotatable bonds is 7. The van der Waals surface area contributed by atoms with Crippen molar-refractivity contribution in [2.45, 2.75) is 45.2 Å². The maximum atomic E-state index is 6.21. The molecule has 0 unspecified atom stereocenters. The van der Waals surface area contributed by atoms with Crippen molar-refractivity contribution in [2.75, 3.05) is 0 Å². The molecule has 0 spiro atoms. The fourth-order valence-electron chi connectivity index (χ4n) is 1.79. The first-order chi connectivity index (χ1) is 9.16. The molecule has 1 aromatic carbocycles. The fraction of sp³-hybridized carbons (Fsp3) is 0.467. The highest BCUT2D eigenvalue weighted by molar-refractivity contribution is 6.72. The van der Waals surface area contributed by atoms with Crippen molar-refractivity contribution >= 4 is 32.2 Å². The SMILES string of the molecule is C[Si](C)(C)OC(O[Si](C)(C)C)[SiH2]C=Cc1ccccc1. The minimum atomic E-state index is -1.55. The van der Waals surface area contributed by atoms with E-state index in [2.05, 4.69) is 75.3 Å². The minimum absolute atomic E-state index is 0.0355. The number of benzene rings is 1. The van der Waals surface area contributed by atoms with Crippen LogP contribution in [0.2, 0.25) is 39.3 Å². The molecule has 5 heteroatoms. The molecule has 0 aliphatic heterocycles. The molecule has 0 atom stereocenters.